The van der Waals surface area contributed by atoms with Crippen molar-refractivity contribution in [2.75, 3.05) is 38.2 Å². The predicted molar refractivity (Wildman–Crippen MR) is 231 cm³/mol. The van der Waals surface area contributed by atoms with Crippen LogP contribution in [0, 0.1) is 28.1 Å². The predicted octanol–water partition coefficient (Wildman–Crippen LogP) is 5.42. The lowest BCUT2D eigenvalue weighted by atomic mass is 9.49. The molecule has 2 saturated carbocycles. The van der Waals surface area contributed by atoms with Crippen molar-refractivity contribution in [3.05, 3.63) is 70.1 Å². The molecule has 2 aromatic carbocycles. The molecular weight excluding hydrogens is 866 g/mol. The van der Waals surface area contributed by atoms with Crippen LogP contribution in [0.3, 0.4) is 0 Å². The zero-order valence-electron chi connectivity index (χ0n) is 36.7. The number of halogens is 3. The molecule has 5 amide bonds. The molecule has 4 fully saturated rings. The Morgan fingerprint density at radius 1 is 1.00 bits per heavy atom. The lowest BCUT2D eigenvalue weighted by Crippen LogP contribution is -2.74. The topological polar surface area (TPSA) is 196 Å². The summed E-state index contributed by atoms with van der Waals surface area (Å²) in [5.74, 6) is -1.22. The van der Waals surface area contributed by atoms with Gasteiger partial charge in [0, 0.05) is 73.9 Å². The van der Waals surface area contributed by atoms with Gasteiger partial charge in [-0.1, -0.05) is 39.3 Å². The van der Waals surface area contributed by atoms with Crippen LogP contribution < -0.4 is 29.7 Å². The maximum absolute atomic E-state index is 13.9. The van der Waals surface area contributed by atoms with Crippen LogP contribution >= 0.6 is 11.6 Å². The van der Waals surface area contributed by atoms with Gasteiger partial charge in [-0.3, -0.25) is 39.1 Å². The van der Waals surface area contributed by atoms with E-state index in [9.17, 15) is 38.0 Å². The quantitative estimate of drug-likeness (QED) is 0.195. The average molecular weight is 917 g/mol. The number of benzene rings is 2. The van der Waals surface area contributed by atoms with Gasteiger partial charge in [0.15, 0.2) is 0 Å². The number of amides is 5. The molecule has 1 unspecified atom stereocenters. The molecule has 2 N–H and O–H groups in total. The molecule has 0 radical (unpaired) electrons. The van der Waals surface area contributed by atoms with Crippen LogP contribution in [0.1, 0.15) is 103 Å². The summed E-state index contributed by atoms with van der Waals surface area (Å²) in [6.45, 7) is 9.49. The van der Waals surface area contributed by atoms with Crippen LogP contribution in [0.25, 0.3) is 0 Å². The number of methoxy groups -OCH3 is 1. The Kier molecular flexibility index (Phi) is 12.5. The van der Waals surface area contributed by atoms with E-state index < -0.39 is 46.9 Å². The molecule has 3 aliphatic heterocycles. The molecule has 0 bridgehead atoms. The Balaban J connectivity index is 0.820. The second-order valence-corrected chi connectivity index (χ2v) is 19.1. The second-order valence-electron chi connectivity index (χ2n) is 18.7. The minimum Gasteiger partial charge on any atom is -0.496 e. The number of hydrogen-bond acceptors (Lipinski definition) is 13. The smallest absolute Gasteiger partial charge is 0.271 e. The van der Waals surface area contributed by atoms with E-state index in [1.807, 2.05) is 38.7 Å². The highest BCUT2D eigenvalue weighted by Crippen LogP contribution is 2.55. The van der Waals surface area contributed by atoms with Gasteiger partial charge in [-0.15, -0.1) is 0 Å². The van der Waals surface area contributed by atoms with Gasteiger partial charge in [-0.25, -0.2) is 18.7 Å². The van der Waals surface area contributed by atoms with Crippen LogP contribution in [0.5, 0.6) is 17.2 Å². The Hall–Kier alpha value is -5.93. The molecule has 5 aliphatic rings. The number of anilines is 1. The summed E-state index contributed by atoms with van der Waals surface area (Å²) in [5.41, 5.74) is -0.331. The van der Waals surface area contributed by atoms with E-state index in [-0.39, 0.29) is 83.8 Å². The number of hydrogen-bond donors (Lipinski definition) is 2. The first kappa shape index (κ1) is 45.6. The second kappa shape index (κ2) is 17.8. The molecule has 1 atom stereocenters. The van der Waals surface area contributed by atoms with Gasteiger partial charge < -0.3 is 24.4 Å². The number of nitrogens with one attached hydrogen (secondary N) is 2. The Bertz CT molecular complexity index is 2420. The summed E-state index contributed by atoms with van der Waals surface area (Å²) in [4.78, 5) is 78.3. The summed E-state index contributed by atoms with van der Waals surface area (Å²) in [5, 5.41) is 14.8. The van der Waals surface area contributed by atoms with Crippen LogP contribution in [-0.4, -0.2) is 119 Å². The maximum Gasteiger partial charge on any atom is 0.271 e. The van der Waals surface area contributed by atoms with Gasteiger partial charge >= 0.3 is 0 Å². The van der Waals surface area contributed by atoms with Gasteiger partial charge in [0.1, 0.15) is 53.1 Å². The van der Waals surface area contributed by atoms with Crippen LogP contribution in [0.15, 0.2) is 42.7 Å². The number of carbonyl (C=O) groups excluding carboxylic acids is 5. The molecular formula is C46H51ClF2N8O8. The van der Waals surface area contributed by atoms with Crippen LogP contribution in [0.2, 0.25) is 5.02 Å². The molecule has 8 rings (SSSR count). The fourth-order valence-corrected chi connectivity index (χ4v) is 10.7. The number of piperidine rings is 2. The van der Waals surface area contributed by atoms with E-state index >= 15 is 0 Å². The molecule has 0 spiro atoms. The largest absolute Gasteiger partial charge is 0.496 e. The lowest BCUT2D eigenvalue weighted by molar-refractivity contribution is -0.164. The highest BCUT2D eigenvalue weighted by Gasteiger charge is 2.64. The van der Waals surface area contributed by atoms with E-state index in [0.717, 1.165) is 17.7 Å². The zero-order valence-corrected chi connectivity index (χ0v) is 37.5. The first-order chi connectivity index (χ1) is 30.9. The molecule has 4 heterocycles. The van der Waals surface area contributed by atoms with Crippen molar-refractivity contribution in [2.45, 2.75) is 103 Å². The van der Waals surface area contributed by atoms with Crippen LogP contribution in [-0.2, 0) is 9.59 Å². The van der Waals surface area contributed by atoms with E-state index in [1.54, 1.807) is 24.4 Å². The molecule has 65 heavy (non-hydrogen) atoms. The summed E-state index contributed by atoms with van der Waals surface area (Å²) >= 11 is 6.23. The molecule has 3 aromatic rings. The number of rotatable bonds is 14. The Morgan fingerprint density at radius 3 is 2.34 bits per heavy atom. The average Bonchev–Trinajstić information content (AvgIpc) is 3.50. The maximum atomic E-state index is 13.9. The summed E-state index contributed by atoms with van der Waals surface area (Å²) < 4.78 is 45.8. The number of nitrogens with zero attached hydrogens (tertiary/aromatic N) is 6. The first-order valence-electron chi connectivity index (χ1n) is 21.8. The van der Waals surface area contributed by atoms with Crippen molar-refractivity contribution < 1.29 is 47.0 Å². The standard InChI is InChI=1S/C46H51ClF2N8O8/c1-45(2)43(46(3,4)44(45)65-27-7-6-25(19-50)31(47)17-27)54-39(59)32-20-52-36(21-51-32)55-12-10-24(11-13-55)22-56(23-35(48)49)26-14-28(15-26)64-29-16-30-38(34(18-29)63-5)42(62)57(41(30)61)33-8-9-37(58)53-40(33)60/h6-7,16-18,20-21,24,26,28,33,35,43-44H,8-15,22-23H2,1-5H3,(H,54,59)(H,53,58,60). The number of aromatic nitrogens is 2. The molecule has 2 aliphatic carbocycles. The summed E-state index contributed by atoms with van der Waals surface area (Å²) in [6.07, 6.45) is 2.40. The van der Waals surface area contributed by atoms with Crippen molar-refractivity contribution in [3.63, 3.8) is 0 Å². The van der Waals surface area contributed by atoms with E-state index in [1.165, 1.54) is 25.4 Å². The lowest BCUT2D eigenvalue weighted by Gasteiger charge is -2.63. The molecule has 344 valence electrons. The molecule has 19 heteroatoms. The zero-order chi connectivity index (χ0) is 46.5. The van der Waals surface area contributed by atoms with Crippen LogP contribution in [0.4, 0.5) is 14.6 Å². The number of alkyl halides is 2. The fraction of sp³-hybridized carbons (Fsp3) is 0.522. The summed E-state index contributed by atoms with van der Waals surface area (Å²) in [7, 11) is 1.35. The minimum absolute atomic E-state index is 0.00783. The molecule has 1 aromatic heterocycles. The van der Waals surface area contributed by atoms with Crippen molar-refractivity contribution in [1.29, 1.82) is 5.26 Å². The van der Waals surface area contributed by atoms with Gasteiger partial charge in [0.2, 0.25) is 11.8 Å². The third-order valence-corrected chi connectivity index (χ3v) is 14.0. The Morgan fingerprint density at radius 2 is 1.72 bits per heavy atom. The molecule has 16 nitrogen and oxygen atoms in total. The number of carbonyl (C=O) groups is 5. The Labute approximate surface area is 379 Å². The number of imide groups is 2. The SMILES string of the molecule is COc1cc(OC2CC(N(CC(F)F)CC3CCN(c4cnc(C(=O)NC5C(C)(C)C(Oc6ccc(C#N)c(Cl)c6)C5(C)C)cn4)CC3)C2)cc2c1C(=O)N(C1CCC(=O)NC1=O)C2=O. The normalized spacial score (nSPS) is 24.8. The van der Waals surface area contributed by atoms with E-state index in [0.29, 0.717) is 54.6 Å². The summed E-state index contributed by atoms with van der Waals surface area (Å²) in [6, 6.07) is 8.42. The van der Waals surface area contributed by atoms with Crippen molar-refractivity contribution in [1.82, 2.24) is 30.4 Å². The highest BCUT2D eigenvalue weighted by atomic mass is 35.5. The first-order valence-corrected chi connectivity index (χ1v) is 22.1. The fourth-order valence-electron chi connectivity index (χ4n) is 10.5. The van der Waals surface area contributed by atoms with E-state index in [4.69, 9.17) is 25.8 Å². The number of nitriles is 1. The van der Waals surface area contributed by atoms with Crippen molar-refractivity contribution in [2.24, 2.45) is 16.7 Å². The van der Waals surface area contributed by atoms with Gasteiger partial charge in [-0.2, -0.15) is 5.26 Å². The van der Waals surface area contributed by atoms with Gasteiger partial charge in [-0.05, 0) is 43.4 Å². The van der Waals surface area contributed by atoms with Crippen molar-refractivity contribution >= 4 is 47.0 Å². The van der Waals surface area contributed by atoms with Gasteiger partial charge in [0.05, 0.1) is 47.8 Å². The van der Waals surface area contributed by atoms with E-state index in [2.05, 4.69) is 25.5 Å². The number of fused-ring (bicyclic) bond motifs is 1. The third-order valence-electron chi connectivity index (χ3n) is 13.7. The minimum atomic E-state index is -2.53. The number of ether oxygens (including phenoxy) is 3. The third kappa shape index (κ3) is 8.80. The highest BCUT2D eigenvalue weighted by molar-refractivity contribution is 6.31. The van der Waals surface area contributed by atoms with Gasteiger partial charge in [0.25, 0.3) is 24.1 Å². The monoisotopic (exact) mass is 916 g/mol. The van der Waals surface area contributed by atoms with Crippen molar-refractivity contribution in [3.8, 4) is 23.3 Å². The molecule has 2 saturated heterocycles.